The second kappa shape index (κ2) is 5.34. The lowest BCUT2D eigenvalue weighted by Gasteiger charge is -1.98. The normalized spacial score (nSPS) is 10.7. The van der Waals surface area contributed by atoms with Gasteiger partial charge in [-0.3, -0.25) is 0 Å². The summed E-state index contributed by atoms with van der Waals surface area (Å²) >= 11 is 6.86. The summed E-state index contributed by atoms with van der Waals surface area (Å²) in [6.07, 6.45) is 0. The smallest absolute Gasteiger partial charge is 0.272 e. The van der Waals surface area contributed by atoms with Gasteiger partial charge < -0.3 is 5.11 Å². The molecule has 20 heavy (non-hydrogen) atoms. The van der Waals surface area contributed by atoms with Crippen molar-refractivity contribution in [1.29, 1.82) is 0 Å². The first-order valence-corrected chi connectivity index (χ1v) is 7.32. The van der Waals surface area contributed by atoms with Gasteiger partial charge in [0.05, 0.1) is 19.3 Å². The SMILES string of the molecule is [O-]c1nn(-c2c(Br)cccc2Br)n[n+]1-c1ccccc1. The molecule has 0 radical (unpaired) electrons. The van der Waals surface area contributed by atoms with E-state index in [-0.39, 0.29) is 0 Å². The van der Waals surface area contributed by atoms with Crippen molar-refractivity contribution in [1.82, 2.24) is 15.1 Å². The van der Waals surface area contributed by atoms with E-state index in [1.54, 1.807) is 12.1 Å². The van der Waals surface area contributed by atoms with Crippen LogP contribution in [-0.2, 0) is 0 Å². The highest BCUT2D eigenvalue weighted by molar-refractivity contribution is 9.11. The van der Waals surface area contributed by atoms with Gasteiger partial charge in [0.2, 0.25) is 0 Å². The fraction of sp³-hybridized carbons (Fsp3) is 0. The number of benzene rings is 2. The standard InChI is InChI=1S/C13H8Br2N4O/c14-10-7-4-8-11(15)12(10)19-16-13(20)18(17-19)9-5-2-1-3-6-9/h1-8H. The zero-order chi connectivity index (χ0) is 14.1. The van der Waals surface area contributed by atoms with Crippen molar-refractivity contribution in [2.75, 3.05) is 0 Å². The molecular weight excluding hydrogens is 388 g/mol. The van der Waals surface area contributed by atoms with Crippen LogP contribution in [0.15, 0.2) is 57.5 Å². The Morgan fingerprint density at radius 3 is 2.25 bits per heavy atom. The van der Waals surface area contributed by atoms with Crippen LogP contribution >= 0.6 is 31.9 Å². The molecule has 2 aromatic carbocycles. The highest BCUT2D eigenvalue weighted by atomic mass is 79.9. The van der Waals surface area contributed by atoms with Gasteiger partial charge >= 0.3 is 0 Å². The van der Waals surface area contributed by atoms with E-state index in [0.29, 0.717) is 11.4 Å². The van der Waals surface area contributed by atoms with Crippen LogP contribution in [0.25, 0.3) is 11.4 Å². The van der Waals surface area contributed by atoms with Crippen molar-refractivity contribution in [2.24, 2.45) is 0 Å². The zero-order valence-electron chi connectivity index (χ0n) is 10.1. The van der Waals surface area contributed by atoms with Crippen LogP contribution < -0.4 is 9.79 Å². The largest absolute Gasteiger partial charge is 0.816 e. The second-order valence-electron chi connectivity index (χ2n) is 3.98. The summed E-state index contributed by atoms with van der Waals surface area (Å²) in [6.45, 7) is 0. The number of rotatable bonds is 2. The fourth-order valence-corrected chi connectivity index (χ4v) is 3.09. The van der Waals surface area contributed by atoms with E-state index in [4.69, 9.17) is 0 Å². The number of nitrogens with zero attached hydrogens (tertiary/aromatic N) is 4. The average molecular weight is 396 g/mol. The van der Waals surface area contributed by atoms with Gasteiger partial charge in [-0.1, -0.05) is 24.3 Å². The van der Waals surface area contributed by atoms with Crippen molar-refractivity contribution in [3.63, 3.8) is 0 Å². The second-order valence-corrected chi connectivity index (χ2v) is 5.69. The van der Waals surface area contributed by atoms with Gasteiger partial charge in [0.15, 0.2) is 5.69 Å². The quantitative estimate of drug-likeness (QED) is 0.624. The Hall–Kier alpha value is -1.73. The lowest BCUT2D eigenvalue weighted by molar-refractivity contribution is -0.704. The van der Waals surface area contributed by atoms with E-state index < -0.39 is 6.01 Å². The first kappa shape index (κ1) is 13.3. The molecule has 3 aromatic rings. The van der Waals surface area contributed by atoms with Gasteiger partial charge in [0.25, 0.3) is 6.01 Å². The van der Waals surface area contributed by atoms with Gasteiger partial charge in [-0.05, 0) is 56.1 Å². The molecule has 0 fully saturated rings. The monoisotopic (exact) mass is 394 g/mol. The molecule has 0 aliphatic carbocycles. The summed E-state index contributed by atoms with van der Waals surface area (Å²) in [5.41, 5.74) is 1.35. The molecule has 0 saturated carbocycles. The molecule has 0 saturated heterocycles. The zero-order valence-corrected chi connectivity index (χ0v) is 13.2. The van der Waals surface area contributed by atoms with Crippen molar-refractivity contribution >= 4 is 31.9 Å². The van der Waals surface area contributed by atoms with Crippen LogP contribution in [-0.4, -0.2) is 15.1 Å². The Bertz CT molecular complexity index is 738. The van der Waals surface area contributed by atoms with Crippen molar-refractivity contribution in [3.8, 4) is 17.4 Å². The number of aromatic nitrogens is 4. The molecule has 0 amide bonds. The number of tetrazole rings is 1. The molecule has 100 valence electrons. The molecule has 1 heterocycles. The molecule has 0 aliphatic rings. The van der Waals surface area contributed by atoms with E-state index in [9.17, 15) is 5.11 Å². The van der Waals surface area contributed by atoms with Crippen LogP contribution in [0.4, 0.5) is 0 Å². The Labute approximate surface area is 131 Å². The van der Waals surface area contributed by atoms with E-state index in [1.165, 1.54) is 9.48 Å². The third kappa shape index (κ3) is 2.34. The van der Waals surface area contributed by atoms with Gasteiger partial charge in [-0.2, -0.15) is 0 Å². The Morgan fingerprint density at radius 2 is 1.60 bits per heavy atom. The fourth-order valence-electron chi connectivity index (χ4n) is 1.77. The predicted octanol–water partition coefficient (Wildman–Crippen LogP) is 2.14. The lowest BCUT2D eigenvalue weighted by atomic mass is 10.3. The lowest BCUT2D eigenvalue weighted by Crippen LogP contribution is -2.36. The first-order chi connectivity index (χ1) is 9.66. The molecule has 1 aromatic heterocycles. The minimum Gasteiger partial charge on any atom is -0.816 e. The van der Waals surface area contributed by atoms with E-state index in [1.807, 2.05) is 36.4 Å². The molecule has 0 unspecified atom stereocenters. The number of para-hydroxylation sites is 2. The van der Waals surface area contributed by atoms with Crippen LogP contribution in [0, 0.1) is 0 Å². The molecule has 3 rings (SSSR count). The summed E-state index contributed by atoms with van der Waals surface area (Å²) in [5, 5.41) is 20.1. The van der Waals surface area contributed by atoms with Gasteiger partial charge in [-0.15, -0.1) is 4.68 Å². The Morgan fingerprint density at radius 1 is 0.950 bits per heavy atom. The highest BCUT2D eigenvalue weighted by Gasteiger charge is 2.20. The number of hydrogen-bond acceptors (Lipinski definition) is 3. The third-order valence-electron chi connectivity index (χ3n) is 2.67. The van der Waals surface area contributed by atoms with E-state index >= 15 is 0 Å². The van der Waals surface area contributed by atoms with Gasteiger partial charge in [-0.25, -0.2) is 0 Å². The summed E-state index contributed by atoms with van der Waals surface area (Å²) in [5.74, 6) is 0. The average Bonchev–Trinajstić information content (AvgIpc) is 2.81. The molecular formula is C13H8Br2N4O. The molecule has 0 bridgehead atoms. The Kier molecular flexibility index (Phi) is 3.54. The van der Waals surface area contributed by atoms with Crippen LogP contribution in [0.2, 0.25) is 0 Å². The summed E-state index contributed by atoms with van der Waals surface area (Å²) in [7, 11) is 0. The molecule has 0 aliphatic heterocycles. The predicted molar refractivity (Wildman–Crippen MR) is 77.7 cm³/mol. The van der Waals surface area contributed by atoms with E-state index in [2.05, 4.69) is 42.2 Å². The maximum absolute atomic E-state index is 12.0. The number of halogens is 2. The number of hydrogen-bond donors (Lipinski definition) is 0. The molecule has 0 spiro atoms. The van der Waals surface area contributed by atoms with Crippen LogP contribution in [0.3, 0.4) is 0 Å². The minimum atomic E-state index is -0.432. The third-order valence-corrected chi connectivity index (χ3v) is 3.95. The summed E-state index contributed by atoms with van der Waals surface area (Å²) < 4.78 is 2.84. The first-order valence-electron chi connectivity index (χ1n) is 5.73. The van der Waals surface area contributed by atoms with Gasteiger partial charge in [0, 0.05) is 4.80 Å². The molecule has 0 N–H and O–H groups in total. The maximum atomic E-state index is 12.0. The highest BCUT2D eigenvalue weighted by Crippen LogP contribution is 2.27. The topological polar surface area (TPSA) is 57.7 Å². The van der Waals surface area contributed by atoms with Crippen LogP contribution in [0.5, 0.6) is 6.01 Å². The molecule has 5 nitrogen and oxygen atoms in total. The summed E-state index contributed by atoms with van der Waals surface area (Å²) in [4.78, 5) is 1.31. The van der Waals surface area contributed by atoms with Crippen LogP contribution in [0.1, 0.15) is 0 Å². The van der Waals surface area contributed by atoms with Crippen molar-refractivity contribution in [3.05, 3.63) is 57.5 Å². The summed E-state index contributed by atoms with van der Waals surface area (Å²) in [6, 6.07) is 14.3. The van der Waals surface area contributed by atoms with Crippen molar-refractivity contribution in [2.45, 2.75) is 0 Å². The van der Waals surface area contributed by atoms with Crippen molar-refractivity contribution < 1.29 is 9.79 Å². The van der Waals surface area contributed by atoms with Gasteiger partial charge in [0.1, 0.15) is 5.69 Å². The maximum Gasteiger partial charge on any atom is 0.272 e. The Balaban J connectivity index is 2.15. The van der Waals surface area contributed by atoms with E-state index in [0.717, 1.165) is 8.95 Å². The minimum absolute atomic E-state index is 0.432. The molecule has 0 atom stereocenters. The molecule has 7 heteroatoms.